The van der Waals surface area contributed by atoms with E-state index in [0.717, 1.165) is 67.5 Å². The first-order valence-electron chi connectivity index (χ1n) is 20.1. The second kappa shape index (κ2) is 19.3. The third-order valence-electron chi connectivity index (χ3n) is 11.4. The smallest absolute Gasteiger partial charge is 0.409 e. The minimum absolute atomic E-state index is 0.0949. The van der Waals surface area contributed by atoms with Gasteiger partial charge in [0.2, 0.25) is 12.1 Å². The van der Waals surface area contributed by atoms with Crippen LogP contribution in [0.1, 0.15) is 94.0 Å². The molecule has 55 heavy (non-hydrogen) atoms. The van der Waals surface area contributed by atoms with Gasteiger partial charge in [-0.05, 0) is 100 Å². The van der Waals surface area contributed by atoms with Crippen LogP contribution in [0.5, 0.6) is 11.5 Å². The van der Waals surface area contributed by atoms with E-state index < -0.39 is 30.1 Å². The molecule has 2 aromatic rings. The Labute approximate surface area is 325 Å². The number of ether oxygens (including phenoxy) is 5. The fraction of sp³-hybridized carbons (Fsp3) is 0.605. The maximum Gasteiger partial charge on any atom is 0.409 e. The number of fused-ring (bicyclic) bond motifs is 2. The standard InChI is InChI=1S/C43H59N3O9/c1-5-23-53-43-38(46(4)42(49)50-6-2)27-36(45-55-39-18-9-12-24-51-39)34-25-30(15-7-10-21-47)33(17-8-11-22-48)40(41(34)43)35-26-32(19-20-37(35)54-43)52-28-31-16-13-14-29(3)44-31/h5,13-14,16,19-20,25-26,30,33,38-41,47-48H,1,6-12,15,17-18,21-24,27-28H2,2-4H3. The Hall–Kier alpha value is -3.97. The minimum atomic E-state index is -1.35. The van der Waals surface area contributed by atoms with Crippen molar-refractivity contribution in [3.05, 3.63) is 77.7 Å². The number of pyridine rings is 1. The van der Waals surface area contributed by atoms with E-state index in [2.05, 4.69) is 23.7 Å². The molecule has 0 bridgehead atoms. The number of carbonyl (C=O) groups is 1. The highest BCUT2D eigenvalue weighted by Crippen LogP contribution is 2.61. The summed E-state index contributed by atoms with van der Waals surface area (Å²) in [5, 5.41) is 24.5. The Morgan fingerprint density at radius 1 is 1.13 bits per heavy atom. The van der Waals surface area contributed by atoms with E-state index in [1.165, 1.54) is 0 Å². The maximum absolute atomic E-state index is 13.6. The highest BCUT2D eigenvalue weighted by atomic mass is 16.8. The summed E-state index contributed by atoms with van der Waals surface area (Å²) in [6.07, 6.45) is 10.8. The quantitative estimate of drug-likeness (QED) is 0.0909. The molecular formula is C43H59N3O9. The second-order valence-electron chi connectivity index (χ2n) is 15.0. The molecule has 2 aliphatic carbocycles. The van der Waals surface area contributed by atoms with Gasteiger partial charge in [0.25, 0.3) is 0 Å². The molecule has 12 heteroatoms. The number of nitrogens with zero attached hydrogens (tertiary/aromatic N) is 3. The van der Waals surface area contributed by atoms with Crippen molar-refractivity contribution >= 4 is 11.8 Å². The van der Waals surface area contributed by atoms with Crippen LogP contribution in [0.4, 0.5) is 4.79 Å². The molecule has 7 unspecified atom stereocenters. The normalized spacial score (nSPS) is 27.6. The summed E-state index contributed by atoms with van der Waals surface area (Å²) in [5.41, 5.74) is 4.42. The average Bonchev–Trinajstić information content (AvgIpc) is 3.20. The van der Waals surface area contributed by atoms with E-state index in [4.69, 9.17) is 33.7 Å². The van der Waals surface area contributed by atoms with Gasteiger partial charge in [0.1, 0.15) is 24.1 Å². The van der Waals surface area contributed by atoms with Gasteiger partial charge in [-0.3, -0.25) is 4.98 Å². The van der Waals surface area contributed by atoms with E-state index in [9.17, 15) is 15.0 Å². The third kappa shape index (κ3) is 9.20. The van der Waals surface area contributed by atoms with E-state index in [0.29, 0.717) is 43.3 Å². The number of hydrogen-bond acceptors (Lipinski definition) is 11. The van der Waals surface area contributed by atoms with Gasteiger partial charge in [-0.1, -0.05) is 36.2 Å². The van der Waals surface area contributed by atoms with Gasteiger partial charge in [-0.25, -0.2) is 4.79 Å². The van der Waals surface area contributed by atoms with Gasteiger partial charge in [0.15, 0.2) is 0 Å². The van der Waals surface area contributed by atoms with Crippen LogP contribution in [0.15, 0.2) is 65.9 Å². The molecule has 2 fully saturated rings. The van der Waals surface area contributed by atoms with Gasteiger partial charge < -0.3 is 43.6 Å². The van der Waals surface area contributed by atoms with Crippen LogP contribution in [-0.4, -0.2) is 90.1 Å². The number of rotatable bonds is 18. The number of aromatic nitrogens is 1. The third-order valence-corrected chi connectivity index (χ3v) is 11.4. The zero-order valence-electron chi connectivity index (χ0n) is 32.7. The Morgan fingerprint density at radius 2 is 1.95 bits per heavy atom. The molecule has 1 saturated heterocycles. The summed E-state index contributed by atoms with van der Waals surface area (Å²) in [6.45, 7) is 9.28. The zero-order chi connectivity index (χ0) is 38.8. The fourth-order valence-corrected chi connectivity index (χ4v) is 8.92. The molecule has 1 aromatic heterocycles. The number of aryl methyl sites for hydroxylation is 1. The number of hydrogen-bond donors (Lipinski definition) is 2. The van der Waals surface area contributed by atoms with Crippen LogP contribution in [0, 0.1) is 24.7 Å². The lowest BCUT2D eigenvalue weighted by Gasteiger charge is -2.59. The van der Waals surface area contributed by atoms with Crippen molar-refractivity contribution in [3.8, 4) is 11.5 Å². The zero-order valence-corrected chi connectivity index (χ0v) is 32.7. The molecule has 300 valence electrons. The minimum Gasteiger partial charge on any atom is -0.487 e. The SMILES string of the molecule is C=CCOC12Oc3ccc(OCc4cccc(C)n4)cc3C3C(CCCCO)C(CCCCO)C=C(C(=NOC4CCCCO4)CC1N(C)C(=O)OCC)C32. The van der Waals surface area contributed by atoms with Crippen molar-refractivity contribution in [2.75, 3.05) is 40.1 Å². The highest BCUT2D eigenvalue weighted by molar-refractivity contribution is 6.02. The lowest BCUT2D eigenvalue weighted by Crippen LogP contribution is -2.69. The van der Waals surface area contributed by atoms with Gasteiger partial charge in [0, 0.05) is 50.3 Å². The molecular weight excluding hydrogens is 702 g/mol. The number of aliphatic hydroxyl groups is 2. The van der Waals surface area contributed by atoms with Gasteiger partial charge >= 0.3 is 6.09 Å². The van der Waals surface area contributed by atoms with Crippen molar-refractivity contribution < 1.29 is 43.5 Å². The molecule has 1 amide bonds. The lowest BCUT2D eigenvalue weighted by molar-refractivity contribution is -0.254. The Balaban J connectivity index is 1.52. The molecule has 3 heterocycles. The summed E-state index contributed by atoms with van der Waals surface area (Å²) >= 11 is 0. The summed E-state index contributed by atoms with van der Waals surface area (Å²) in [7, 11) is 1.72. The topological polar surface area (TPSA) is 141 Å². The molecule has 2 aliphatic heterocycles. The van der Waals surface area contributed by atoms with Crippen LogP contribution in [0.2, 0.25) is 0 Å². The van der Waals surface area contributed by atoms with Crippen LogP contribution >= 0.6 is 0 Å². The molecule has 1 aromatic carbocycles. The lowest BCUT2D eigenvalue weighted by atomic mass is 9.55. The molecule has 12 nitrogen and oxygen atoms in total. The molecule has 1 saturated carbocycles. The van der Waals surface area contributed by atoms with E-state index >= 15 is 0 Å². The summed E-state index contributed by atoms with van der Waals surface area (Å²) in [4.78, 5) is 26.0. The molecule has 6 rings (SSSR count). The van der Waals surface area contributed by atoms with Crippen molar-refractivity contribution in [2.45, 2.75) is 109 Å². The predicted molar refractivity (Wildman–Crippen MR) is 208 cm³/mol. The molecule has 0 spiro atoms. The van der Waals surface area contributed by atoms with E-state index in [-0.39, 0.29) is 50.6 Å². The van der Waals surface area contributed by atoms with Crippen molar-refractivity contribution in [2.24, 2.45) is 22.9 Å². The highest BCUT2D eigenvalue weighted by Gasteiger charge is 2.65. The van der Waals surface area contributed by atoms with Crippen LogP contribution < -0.4 is 9.47 Å². The number of unbranched alkanes of at least 4 members (excludes halogenated alkanes) is 2. The Kier molecular flexibility index (Phi) is 14.2. The van der Waals surface area contributed by atoms with Crippen molar-refractivity contribution in [1.82, 2.24) is 9.88 Å². The fourth-order valence-electron chi connectivity index (χ4n) is 8.92. The number of likely N-dealkylation sites (N-methyl/N-ethyl adjacent to an activating group) is 1. The van der Waals surface area contributed by atoms with Crippen molar-refractivity contribution in [1.29, 1.82) is 0 Å². The summed E-state index contributed by atoms with van der Waals surface area (Å²) < 4.78 is 32.0. The van der Waals surface area contributed by atoms with Crippen LogP contribution in [0.25, 0.3) is 0 Å². The van der Waals surface area contributed by atoms with E-state index in [1.807, 2.05) is 37.3 Å². The number of carbonyl (C=O) groups excluding carboxylic acids is 1. The Morgan fingerprint density at radius 3 is 2.67 bits per heavy atom. The van der Waals surface area contributed by atoms with Gasteiger partial charge in [0.05, 0.1) is 37.1 Å². The first-order chi connectivity index (χ1) is 26.8. The monoisotopic (exact) mass is 761 g/mol. The second-order valence-corrected chi connectivity index (χ2v) is 15.0. The predicted octanol–water partition coefficient (Wildman–Crippen LogP) is 7.22. The number of oxime groups is 1. The first-order valence-corrected chi connectivity index (χ1v) is 20.1. The number of benzene rings is 1. The van der Waals surface area contributed by atoms with Crippen molar-refractivity contribution in [3.63, 3.8) is 0 Å². The maximum atomic E-state index is 13.6. The average molecular weight is 762 g/mol. The molecule has 0 radical (unpaired) electrons. The summed E-state index contributed by atoms with van der Waals surface area (Å²) in [6, 6.07) is 11.2. The van der Waals surface area contributed by atoms with Gasteiger partial charge in [-0.2, -0.15) is 0 Å². The van der Waals surface area contributed by atoms with Crippen LogP contribution in [-0.2, 0) is 25.7 Å². The Bertz CT molecular complexity index is 1660. The van der Waals surface area contributed by atoms with Crippen LogP contribution in [0.3, 0.4) is 0 Å². The number of allylic oxidation sites excluding steroid dienone is 1. The number of aliphatic hydroxyl groups excluding tert-OH is 2. The molecule has 7 atom stereocenters. The molecule has 4 aliphatic rings. The largest absolute Gasteiger partial charge is 0.487 e. The molecule has 2 N–H and O–H groups in total. The number of amides is 1. The van der Waals surface area contributed by atoms with Gasteiger partial charge in [-0.15, -0.1) is 6.58 Å². The first kappa shape index (κ1) is 40.7. The summed E-state index contributed by atoms with van der Waals surface area (Å²) in [5.74, 6) is -0.385. The van der Waals surface area contributed by atoms with E-state index in [1.54, 1.807) is 24.9 Å².